The largest absolute Gasteiger partial charge is 0.446 e. The van der Waals surface area contributed by atoms with Gasteiger partial charge in [0.15, 0.2) is 5.06 Å². The maximum atomic E-state index is 12.2. The van der Waals surface area contributed by atoms with Gasteiger partial charge >= 0.3 is 0 Å². The van der Waals surface area contributed by atoms with Gasteiger partial charge in [-0.3, -0.25) is 14.6 Å². The lowest BCUT2D eigenvalue weighted by Gasteiger charge is -2.14. The predicted molar refractivity (Wildman–Crippen MR) is 108 cm³/mol. The van der Waals surface area contributed by atoms with Gasteiger partial charge in [-0.25, -0.2) is 4.37 Å². The van der Waals surface area contributed by atoms with E-state index in [1.807, 2.05) is 13.1 Å². The number of aromatic nitrogens is 2. The maximum Gasteiger partial charge on any atom is 0.270 e. The van der Waals surface area contributed by atoms with E-state index in [1.54, 1.807) is 12.1 Å². The van der Waals surface area contributed by atoms with E-state index in [9.17, 15) is 9.59 Å². The number of nitrogens with two attached hydrogens (primary N) is 1. The first kappa shape index (κ1) is 18.6. The van der Waals surface area contributed by atoms with Gasteiger partial charge in [0, 0.05) is 25.0 Å². The molecular weight excluding hydrogens is 396 g/mol. The quantitative estimate of drug-likeness (QED) is 0.643. The first-order chi connectivity index (χ1) is 13.6. The Kier molecular flexibility index (Phi) is 5.10. The highest BCUT2D eigenvalue weighted by atomic mass is 32.1. The number of thiophene rings is 1. The summed E-state index contributed by atoms with van der Waals surface area (Å²) in [6.07, 6.45) is 5.78. The number of ether oxygens (including phenoxy) is 1. The number of carbonyl (C=O) groups excluding carboxylic acids is 2. The summed E-state index contributed by atoms with van der Waals surface area (Å²) in [5.74, 6) is -0.227. The third-order valence-electron chi connectivity index (χ3n) is 4.42. The van der Waals surface area contributed by atoms with E-state index < -0.39 is 5.91 Å². The SMILES string of the molecule is CCCNC(=O)c1cc(Oc2sc(C(N)=O)c3c2-c2sncc2CC3)ccn1. The van der Waals surface area contributed by atoms with Crippen LogP contribution in [-0.2, 0) is 12.8 Å². The van der Waals surface area contributed by atoms with Crippen LogP contribution in [0.4, 0.5) is 0 Å². The first-order valence-corrected chi connectivity index (χ1v) is 10.5. The highest BCUT2D eigenvalue weighted by molar-refractivity contribution is 7.17. The number of fused-ring (bicyclic) bond motifs is 3. The molecule has 0 fully saturated rings. The van der Waals surface area contributed by atoms with Crippen LogP contribution in [0.25, 0.3) is 10.4 Å². The molecule has 9 heteroatoms. The molecule has 28 heavy (non-hydrogen) atoms. The number of carbonyl (C=O) groups is 2. The number of nitrogens with zero attached hydrogens (tertiary/aromatic N) is 2. The zero-order chi connectivity index (χ0) is 19.7. The normalized spacial score (nSPS) is 12.2. The summed E-state index contributed by atoms with van der Waals surface area (Å²) < 4.78 is 10.4. The van der Waals surface area contributed by atoms with Crippen LogP contribution in [0.3, 0.4) is 0 Å². The van der Waals surface area contributed by atoms with Crippen LogP contribution >= 0.6 is 22.9 Å². The number of pyridine rings is 1. The molecule has 0 radical (unpaired) electrons. The van der Waals surface area contributed by atoms with Crippen molar-refractivity contribution in [3.63, 3.8) is 0 Å². The summed E-state index contributed by atoms with van der Waals surface area (Å²) in [5, 5.41) is 3.38. The summed E-state index contributed by atoms with van der Waals surface area (Å²) in [7, 11) is 0. The lowest BCUT2D eigenvalue weighted by Crippen LogP contribution is -2.24. The third-order valence-corrected chi connectivity index (χ3v) is 6.41. The van der Waals surface area contributed by atoms with Gasteiger partial charge in [-0.05, 0) is 48.0 Å². The van der Waals surface area contributed by atoms with Crippen LogP contribution in [0.5, 0.6) is 10.8 Å². The molecule has 1 aliphatic rings. The molecule has 0 bridgehead atoms. The molecule has 0 unspecified atom stereocenters. The van der Waals surface area contributed by atoms with E-state index in [-0.39, 0.29) is 11.6 Å². The Hall–Kier alpha value is -2.78. The Morgan fingerprint density at radius 1 is 1.36 bits per heavy atom. The van der Waals surface area contributed by atoms with Crippen LogP contribution in [0.15, 0.2) is 24.5 Å². The molecule has 3 aromatic rings. The molecule has 144 valence electrons. The van der Waals surface area contributed by atoms with Gasteiger partial charge in [-0.2, -0.15) is 0 Å². The molecule has 3 N–H and O–H groups in total. The summed E-state index contributed by atoms with van der Waals surface area (Å²) in [5.41, 5.74) is 8.82. The Morgan fingerprint density at radius 3 is 3.00 bits per heavy atom. The molecule has 0 spiro atoms. The third kappa shape index (κ3) is 3.38. The minimum Gasteiger partial charge on any atom is -0.446 e. The molecule has 7 nitrogen and oxygen atoms in total. The molecule has 3 heterocycles. The van der Waals surface area contributed by atoms with Gasteiger partial charge < -0.3 is 15.8 Å². The lowest BCUT2D eigenvalue weighted by atomic mass is 9.93. The van der Waals surface area contributed by atoms with Crippen molar-refractivity contribution in [3.8, 4) is 21.3 Å². The van der Waals surface area contributed by atoms with E-state index >= 15 is 0 Å². The molecule has 0 atom stereocenters. The number of rotatable bonds is 6. The Balaban J connectivity index is 1.70. The highest BCUT2D eigenvalue weighted by Gasteiger charge is 2.30. The van der Waals surface area contributed by atoms with Crippen molar-refractivity contribution in [3.05, 3.63) is 46.2 Å². The second kappa shape index (κ2) is 7.69. The minimum absolute atomic E-state index is 0.247. The van der Waals surface area contributed by atoms with Crippen LogP contribution < -0.4 is 15.8 Å². The van der Waals surface area contributed by atoms with Gasteiger partial charge in [0.2, 0.25) is 0 Å². The first-order valence-electron chi connectivity index (χ1n) is 8.90. The van der Waals surface area contributed by atoms with Gasteiger partial charge in [0.05, 0.1) is 15.3 Å². The van der Waals surface area contributed by atoms with Crippen molar-refractivity contribution in [1.29, 1.82) is 0 Å². The zero-order valence-corrected chi connectivity index (χ0v) is 16.8. The summed E-state index contributed by atoms with van der Waals surface area (Å²) in [6, 6.07) is 3.28. The fourth-order valence-electron chi connectivity index (χ4n) is 3.12. The van der Waals surface area contributed by atoms with Crippen LogP contribution in [0.1, 0.15) is 44.6 Å². The molecule has 0 saturated heterocycles. The number of hydrogen-bond acceptors (Lipinski definition) is 7. The average molecular weight is 415 g/mol. The van der Waals surface area contributed by atoms with Gasteiger partial charge in [0.1, 0.15) is 11.4 Å². The number of hydrogen-bond donors (Lipinski definition) is 2. The minimum atomic E-state index is -0.460. The molecule has 0 aliphatic heterocycles. The smallest absolute Gasteiger partial charge is 0.270 e. The molecule has 1 aliphatic carbocycles. The maximum absolute atomic E-state index is 12.2. The second-order valence-corrected chi connectivity index (χ2v) is 8.14. The Morgan fingerprint density at radius 2 is 2.21 bits per heavy atom. The van der Waals surface area contributed by atoms with Crippen molar-refractivity contribution in [1.82, 2.24) is 14.7 Å². The van der Waals surface area contributed by atoms with Crippen LogP contribution in [0.2, 0.25) is 0 Å². The fraction of sp³-hybridized carbons (Fsp3) is 0.263. The number of nitrogens with one attached hydrogen (secondary N) is 1. The van der Waals surface area contributed by atoms with Gasteiger partial charge in [-0.15, -0.1) is 0 Å². The van der Waals surface area contributed by atoms with E-state index in [4.69, 9.17) is 10.5 Å². The van der Waals surface area contributed by atoms with Crippen molar-refractivity contribution >= 4 is 34.7 Å². The van der Waals surface area contributed by atoms with Crippen molar-refractivity contribution in [2.45, 2.75) is 26.2 Å². The van der Waals surface area contributed by atoms with E-state index in [0.29, 0.717) is 22.2 Å². The molecule has 0 saturated carbocycles. The lowest BCUT2D eigenvalue weighted by molar-refractivity contribution is 0.0947. The predicted octanol–water partition coefficient (Wildman–Crippen LogP) is 3.40. The van der Waals surface area contributed by atoms with E-state index in [1.165, 1.54) is 29.1 Å². The zero-order valence-electron chi connectivity index (χ0n) is 15.2. The van der Waals surface area contributed by atoms with Crippen LogP contribution in [-0.4, -0.2) is 27.7 Å². The fourth-order valence-corrected chi connectivity index (χ4v) is 5.13. The summed E-state index contributed by atoms with van der Waals surface area (Å²) in [6.45, 7) is 2.57. The van der Waals surface area contributed by atoms with Crippen molar-refractivity contribution < 1.29 is 14.3 Å². The molecule has 3 aromatic heterocycles. The second-order valence-electron chi connectivity index (χ2n) is 6.35. The Labute approximate surface area is 169 Å². The van der Waals surface area contributed by atoms with Gasteiger partial charge in [0.25, 0.3) is 11.8 Å². The average Bonchev–Trinajstić information content (AvgIpc) is 3.30. The molecule has 2 amide bonds. The van der Waals surface area contributed by atoms with Crippen LogP contribution in [0, 0.1) is 0 Å². The standard InChI is InChI=1S/C19H18N4O3S2/c1-2-6-22-18(25)13-8-11(5-7-21-13)26-19-14-12(16(27-19)17(20)24)4-3-10-9-23-28-15(10)14/h5,7-9H,2-4,6H2,1H3,(H2,20,24)(H,22,25). The van der Waals surface area contributed by atoms with E-state index in [2.05, 4.69) is 14.7 Å². The summed E-state index contributed by atoms with van der Waals surface area (Å²) >= 11 is 2.62. The Bertz CT molecular complexity index is 1060. The molecular formula is C19H18N4O3S2. The topological polar surface area (TPSA) is 107 Å². The van der Waals surface area contributed by atoms with Crippen molar-refractivity contribution in [2.24, 2.45) is 5.73 Å². The monoisotopic (exact) mass is 414 g/mol. The number of primary amides is 1. The number of aryl methyl sites for hydroxylation is 1. The highest BCUT2D eigenvalue weighted by Crippen LogP contribution is 2.49. The molecule has 0 aromatic carbocycles. The van der Waals surface area contributed by atoms with Gasteiger partial charge in [-0.1, -0.05) is 18.3 Å². The molecule has 4 rings (SSSR count). The number of amides is 2. The van der Waals surface area contributed by atoms with Crippen molar-refractivity contribution in [2.75, 3.05) is 6.54 Å². The van der Waals surface area contributed by atoms with E-state index in [0.717, 1.165) is 40.8 Å². The summed E-state index contributed by atoms with van der Waals surface area (Å²) in [4.78, 5) is 29.7.